The fourth-order valence-electron chi connectivity index (χ4n) is 9.71. The van der Waals surface area contributed by atoms with Crippen molar-refractivity contribution in [2.24, 2.45) is 0 Å². The van der Waals surface area contributed by atoms with Gasteiger partial charge in [0.2, 0.25) is 11.2 Å². The highest BCUT2D eigenvalue weighted by molar-refractivity contribution is 7.48. The fraction of sp³-hybridized carbons (Fsp3) is 0.604. The van der Waals surface area contributed by atoms with E-state index in [1.54, 1.807) is 24.3 Å². The number of hydrogen-bond donors (Lipinski definition) is 6. The molecule has 77 heavy (non-hydrogen) atoms. The number of phosphoric acid groups is 1. The number of hydrogen-bond acceptors (Lipinski definition) is 21. The molecule has 9 atom stereocenters. The van der Waals surface area contributed by atoms with E-state index in [9.17, 15) is 40.8 Å². The fourth-order valence-corrected chi connectivity index (χ4v) is 10.9. The van der Waals surface area contributed by atoms with Crippen molar-refractivity contribution in [2.45, 2.75) is 170 Å². The molecule has 0 radical (unpaired) electrons. The summed E-state index contributed by atoms with van der Waals surface area (Å²) in [5, 5.41) is 84.2. The van der Waals surface area contributed by atoms with Crippen molar-refractivity contribution in [2.75, 3.05) is 44.5 Å². The predicted molar refractivity (Wildman–Crippen MR) is 279 cm³/mol. The van der Waals surface area contributed by atoms with Gasteiger partial charge in [-0.3, -0.25) is 13.6 Å². The van der Waals surface area contributed by atoms with Crippen LogP contribution in [0.3, 0.4) is 0 Å². The van der Waals surface area contributed by atoms with Crippen LogP contribution in [0.1, 0.15) is 132 Å². The van der Waals surface area contributed by atoms with Gasteiger partial charge in [-0.15, -0.1) is 0 Å². The van der Waals surface area contributed by atoms with Crippen LogP contribution < -0.4 is 11.5 Å². The summed E-state index contributed by atoms with van der Waals surface area (Å²) in [4.78, 5) is 7.91. The van der Waals surface area contributed by atoms with E-state index >= 15 is 0 Å². The summed E-state index contributed by atoms with van der Waals surface area (Å²) < 4.78 is 59.6. The van der Waals surface area contributed by atoms with E-state index in [1.807, 2.05) is 12.1 Å². The lowest BCUT2D eigenvalue weighted by atomic mass is 9.92. The summed E-state index contributed by atoms with van der Waals surface area (Å²) in [6, 6.07) is 18.6. The maximum Gasteiger partial charge on any atom is 0.475 e. The molecule has 0 amide bonds. The predicted octanol–water partition coefficient (Wildman–Crippen LogP) is 6.21. The Labute approximate surface area is 448 Å². The average molecular weight is 1090 g/mol. The molecule has 7 rings (SSSR count). The smallest absolute Gasteiger partial charge is 0.387 e. The first kappa shape index (κ1) is 59.0. The highest BCUT2D eigenvalue weighted by Gasteiger charge is 2.59. The van der Waals surface area contributed by atoms with Gasteiger partial charge in [0.1, 0.15) is 72.5 Å². The highest BCUT2D eigenvalue weighted by Crippen LogP contribution is 2.52. The summed E-state index contributed by atoms with van der Waals surface area (Å²) in [6.07, 6.45) is 9.96. The van der Waals surface area contributed by atoms with Crippen LogP contribution in [0.2, 0.25) is 0 Å². The normalized spacial score (nSPS) is 23.8. The van der Waals surface area contributed by atoms with Crippen molar-refractivity contribution in [1.29, 1.82) is 15.8 Å². The zero-order valence-electron chi connectivity index (χ0n) is 43.6. The van der Waals surface area contributed by atoms with E-state index in [2.05, 4.69) is 33.2 Å². The standard InChI is InChI=1S/C53H72N11O12P/c1-2-3-4-5-6-7-8-9-10-11-12-13-14-15-16-26-70-27-25-39(71-29-38-19-17-37(28-54)18-20-38)30-72-77(69,73-31-42-46(65)48(67)52(33-55,75-42)44-23-21-40-50(57)59-35-61-63(40)44)74-32-43-47(66)49(68)53(34-56,76-43)45-24-22-41-51(58)60-36-62-64(41)45/h17-24,35-36,39,42-43,46-49,65-68H,2-16,25-27,29-32H2,1H3,(H2,57,59,61)(H2,58,60,62)/t39-,42-,43-,46-,47-,48-,49-,52+,53+/m1/s1. The molecule has 23 nitrogen and oxygen atoms in total. The molecule has 0 unspecified atom stereocenters. The first-order valence-electron chi connectivity index (χ1n) is 26.6. The van der Waals surface area contributed by atoms with E-state index in [1.165, 1.54) is 110 Å². The lowest BCUT2D eigenvalue weighted by Gasteiger charge is -2.26. The van der Waals surface area contributed by atoms with Crippen molar-refractivity contribution in [3.05, 3.63) is 83.7 Å². The molecule has 24 heteroatoms. The number of benzene rings is 1. The lowest BCUT2D eigenvalue weighted by molar-refractivity contribution is -0.0772. The van der Waals surface area contributed by atoms with Crippen LogP contribution in [0.25, 0.3) is 11.0 Å². The second-order valence-electron chi connectivity index (χ2n) is 19.6. The number of ether oxygens (including phenoxy) is 4. The molecule has 0 saturated carbocycles. The minimum absolute atomic E-state index is 0.00899. The second kappa shape index (κ2) is 28.3. The Morgan fingerprint density at radius 2 is 1.13 bits per heavy atom. The largest absolute Gasteiger partial charge is 0.475 e. The van der Waals surface area contributed by atoms with Crippen molar-refractivity contribution < 1.29 is 57.5 Å². The molecule has 2 saturated heterocycles. The van der Waals surface area contributed by atoms with Crippen LogP contribution >= 0.6 is 7.82 Å². The first-order chi connectivity index (χ1) is 37.3. The topological polar surface area (TPSA) is 346 Å². The molecular formula is C53H72N11O12P. The number of fused-ring (bicyclic) bond motifs is 2. The molecule has 0 spiro atoms. The zero-order chi connectivity index (χ0) is 54.8. The van der Waals surface area contributed by atoms with E-state index in [4.69, 9.17) is 44.0 Å². The number of aromatic nitrogens is 6. The molecule has 2 aliphatic heterocycles. The molecule has 416 valence electrons. The molecule has 4 aromatic heterocycles. The zero-order valence-corrected chi connectivity index (χ0v) is 44.4. The molecule has 2 aliphatic rings. The van der Waals surface area contributed by atoms with Crippen LogP contribution in [0.5, 0.6) is 0 Å². The minimum atomic E-state index is -4.92. The summed E-state index contributed by atoms with van der Waals surface area (Å²) in [7, 11) is -4.92. The Hall–Kier alpha value is -5.68. The molecule has 1 aromatic carbocycles. The summed E-state index contributed by atoms with van der Waals surface area (Å²) in [5.74, 6) is 0.148. The second-order valence-corrected chi connectivity index (χ2v) is 21.3. The van der Waals surface area contributed by atoms with Gasteiger partial charge in [0, 0.05) is 13.2 Å². The van der Waals surface area contributed by atoms with Crippen LogP contribution in [-0.4, -0.2) is 125 Å². The molecule has 6 heterocycles. The van der Waals surface area contributed by atoms with Crippen molar-refractivity contribution in [3.63, 3.8) is 0 Å². The number of nitrogen functional groups attached to an aromatic ring is 2. The molecular weight excluding hydrogens is 1010 g/mol. The van der Waals surface area contributed by atoms with Crippen LogP contribution in [0.4, 0.5) is 11.6 Å². The summed E-state index contributed by atoms with van der Waals surface area (Å²) >= 11 is 0. The number of aliphatic hydroxyl groups excluding tert-OH is 4. The van der Waals surface area contributed by atoms with Gasteiger partial charge in [-0.1, -0.05) is 109 Å². The number of nitriles is 3. The molecule has 0 aliphatic carbocycles. The Balaban J connectivity index is 1.01. The Bertz CT molecular complexity index is 2710. The summed E-state index contributed by atoms with van der Waals surface area (Å²) in [5.41, 5.74) is 9.38. The van der Waals surface area contributed by atoms with E-state index in [-0.39, 0.29) is 42.7 Å². The SMILES string of the molecule is CCCCCCCCCCCCCCCCCOCC[C@H](COP(=O)(OC[C@H]1O[C@@](C#N)(c2ccc3c(N)ncnn23)[C@H](O)[C@@H]1O)OC[C@H]1O[C@@](C#N)(c2ccc3c(N)ncnn23)[C@H](O)[C@@H]1O)OCc1ccc(C#N)cc1. The van der Waals surface area contributed by atoms with E-state index in [0.29, 0.717) is 23.2 Å². The number of aliphatic hydroxyl groups is 4. The Kier molecular flexibility index (Phi) is 21.7. The lowest BCUT2D eigenvalue weighted by Crippen LogP contribution is -2.41. The Morgan fingerprint density at radius 3 is 1.58 bits per heavy atom. The number of unbranched alkanes of at least 4 members (excludes halogenated alkanes) is 14. The van der Waals surface area contributed by atoms with Crippen LogP contribution in [-0.2, 0) is 54.9 Å². The molecule has 2 fully saturated rings. The number of anilines is 2. The maximum absolute atomic E-state index is 15.0. The minimum Gasteiger partial charge on any atom is -0.387 e. The van der Waals surface area contributed by atoms with Gasteiger partial charge in [0.15, 0.2) is 11.6 Å². The highest BCUT2D eigenvalue weighted by atomic mass is 31.2. The molecule has 0 bridgehead atoms. The van der Waals surface area contributed by atoms with Gasteiger partial charge in [-0.05, 0) is 54.8 Å². The molecule has 8 N–H and O–H groups in total. The van der Waals surface area contributed by atoms with E-state index in [0.717, 1.165) is 37.5 Å². The maximum atomic E-state index is 15.0. The summed E-state index contributed by atoms with van der Waals surface area (Å²) in [6.45, 7) is 1.05. The first-order valence-corrected chi connectivity index (χ1v) is 28.1. The van der Waals surface area contributed by atoms with Crippen molar-refractivity contribution in [1.82, 2.24) is 29.2 Å². The number of rotatable bonds is 33. The van der Waals surface area contributed by atoms with E-state index < -0.39 is 81.6 Å². The molecule has 5 aromatic rings. The number of nitrogens with two attached hydrogens (primary N) is 2. The number of phosphoric ester groups is 1. The monoisotopic (exact) mass is 1090 g/mol. The third kappa shape index (κ3) is 14.3. The van der Waals surface area contributed by atoms with Crippen LogP contribution in [0, 0.1) is 34.0 Å². The van der Waals surface area contributed by atoms with Crippen molar-refractivity contribution in [3.8, 4) is 18.2 Å². The van der Waals surface area contributed by atoms with Gasteiger partial charge in [0.25, 0.3) is 0 Å². The quantitative estimate of drug-likeness (QED) is 0.0201. The van der Waals surface area contributed by atoms with Gasteiger partial charge in [-0.25, -0.2) is 23.6 Å². The average Bonchev–Trinajstić information content (AvgIpc) is 4.38. The van der Waals surface area contributed by atoms with Gasteiger partial charge < -0.3 is 50.8 Å². The van der Waals surface area contributed by atoms with Crippen molar-refractivity contribution >= 4 is 30.5 Å². The Morgan fingerprint density at radius 1 is 0.662 bits per heavy atom. The van der Waals surface area contributed by atoms with Crippen LogP contribution in [0.15, 0.2) is 61.2 Å². The number of nitrogens with zero attached hydrogens (tertiary/aromatic N) is 9. The van der Waals surface area contributed by atoms with Gasteiger partial charge in [-0.2, -0.15) is 26.0 Å². The third-order valence-corrected chi connectivity index (χ3v) is 15.6. The third-order valence-electron chi connectivity index (χ3n) is 14.2. The van der Waals surface area contributed by atoms with Gasteiger partial charge in [0.05, 0.1) is 55.6 Å². The van der Waals surface area contributed by atoms with Gasteiger partial charge >= 0.3 is 7.82 Å².